The number of aromatic nitrogens is 1. The largest absolute Gasteiger partial charge is 0.302 e. The summed E-state index contributed by atoms with van der Waals surface area (Å²) in [5.41, 5.74) is 3.88. The standard InChI is InChI=1S/C33H22N4O3/c38-31-24-14-6-7-15-25(24)32(39)37(31)30-33(40)36(20-27-23-13-5-4-10-21(23)18-19-34-27)28-17-9-8-16-26(28)29(35-30)22-11-2-1-3-12-22/h1-19,30H,20H2. The van der Waals surface area contributed by atoms with Gasteiger partial charge in [0.2, 0.25) is 6.17 Å². The van der Waals surface area contributed by atoms with E-state index in [2.05, 4.69) is 4.98 Å². The first-order valence-corrected chi connectivity index (χ1v) is 13.0. The molecule has 0 N–H and O–H groups in total. The van der Waals surface area contributed by atoms with Crippen LogP contribution in [0.2, 0.25) is 0 Å². The normalized spacial score (nSPS) is 16.6. The van der Waals surface area contributed by atoms with E-state index in [1.807, 2.05) is 84.9 Å². The second kappa shape index (κ2) is 9.39. The highest BCUT2D eigenvalue weighted by Crippen LogP contribution is 2.34. The number of anilines is 1. The lowest BCUT2D eigenvalue weighted by atomic mass is 10.00. The van der Waals surface area contributed by atoms with Crippen molar-refractivity contribution in [1.29, 1.82) is 0 Å². The molecule has 192 valence electrons. The maximum Gasteiger partial charge on any atom is 0.273 e. The molecule has 0 aliphatic carbocycles. The van der Waals surface area contributed by atoms with Crippen LogP contribution in [0.25, 0.3) is 10.8 Å². The molecule has 3 amide bonds. The Balaban J connectivity index is 1.43. The minimum atomic E-state index is -1.40. The summed E-state index contributed by atoms with van der Waals surface area (Å²) in [5, 5.41) is 1.92. The fraction of sp³-hybridized carbons (Fsp3) is 0.0606. The van der Waals surface area contributed by atoms with Crippen LogP contribution in [-0.4, -0.2) is 39.5 Å². The molecule has 5 aromatic rings. The summed E-state index contributed by atoms with van der Waals surface area (Å²) < 4.78 is 0. The van der Waals surface area contributed by atoms with E-state index >= 15 is 0 Å². The molecule has 0 bridgehead atoms. The van der Waals surface area contributed by atoms with Crippen molar-refractivity contribution in [1.82, 2.24) is 9.88 Å². The summed E-state index contributed by atoms with van der Waals surface area (Å²) in [6.45, 7) is 0.133. The van der Waals surface area contributed by atoms with E-state index in [1.54, 1.807) is 35.4 Å². The lowest BCUT2D eigenvalue weighted by Crippen LogP contribution is -2.49. The Hall–Kier alpha value is -5.43. The number of benzene rings is 4. The number of aliphatic imine (C=N–C) groups is 1. The summed E-state index contributed by atoms with van der Waals surface area (Å²) >= 11 is 0. The molecule has 0 saturated heterocycles. The molecular formula is C33H22N4O3. The van der Waals surface area contributed by atoms with Gasteiger partial charge in [-0.15, -0.1) is 0 Å². The average Bonchev–Trinajstić information content (AvgIpc) is 3.19. The van der Waals surface area contributed by atoms with E-state index in [4.69, 9.17) is 4.99 Å². The zero-order valence-electron chi connectivity index (χ0n) is 21.3. The van der Waals surface area contributed by atoms with Crippen molar-refractivity contribution in [3.05, 3.63) is 143 Å². The van der Waals surface area contributed by atoms with Crippen LogP contribution >= 0.6 is 0 Å². The molecule has 0 saturated carbocycles. The number of amides is 3. The first kappa shape index (κ1) is 23.7. The van der Waals surface area contributed by atoms with E-state index < -0.39 is 23.9 Å². The molecule has 7 nitrogen and oxygen atoms in total. The molecule has 7 rings (SSSR count). The van der Waals surface area contributed by atoms with Crippen LogP contribution in [0.4, 0.5) is 5.69 Å². The minimum Gasteiger partial charge on any atom is -0.302 e. The smallest absolute Gasteiger partial charge is 0.273 e. The number of hydrogen-bond donors (Lipinski definition) is 0. The Bertz CT molecular complexity index is 1820. The van der Waals surface area contributed by atoms with Gasteiger partial charge in [0.1, 0.15) is 0 Å². The van der Waals surface area contributed by atoms with Gasteiger partial charge in [0.05, 0.1) is 34.8 Å². The summed E-state index contributed by atoms with van der Waals surface area (Å²) in [7, 11) is 0. The van der Waals surface area contributed by atoms with Crippen LogP contribution in [0, 0.1) is 0 Å². The summed E-state index contributed by atoms with van der Waals surface area (Å²) in [6.07, 6.45) is 0.323. The van der Waals surface area contributed by atoms with E-state index in [1.165, 1.54) is 0 Å². The van der Waals surface area contributed by atoms with Crippen molar-refractivity contribution in [2.75, 3.05) is 4.90 Å². The number of rotatable bonds is 4. The number of para-hydroxylation sites is 1. The lowest BCUT2D eigenvalue weighted by molar-refractivity contribution is -0.122. The Morgan fingerprint density at radius 3 is 2.02 bits per heavy atom. The molecule has 0 radical (unpaired) electrons. The van der Waals surface area contributed by atoms with Crippen molar-refractivity contribution in [3.63, 3.8) is 0 Å². The van der Waals surface area contributed by atoms with Gasteiger partial charge in [0.15, 0.2) is 0 Å². The van der Waals surface area contributed by atoms with E-state index in [0.29, 0.717) is 17.1 Å². The monoisotopic (exact) mass is 522 g/mol. The van der Waals surface area contributed by atoms with Crippen molar-refractivity contribution in [2.45, 2.75) is 12.7 Å². The first-order valence-electron chi connectivity index (χ1n) is 13.0. The molecule has 2 aliphatic heterocycles. The third kappa shape index (κ3) is 3.71. The van der Waals surface area contributed by atoms with Crippen LogP contribution in [-0.2, 0) is 11.3 Å². The molecule has 1 atom stereocenters. The lowest BCUT2D eigenvalue weighted by Gasteiger charge is -2.28. The second-order valence-corrected chi connectivity index (χ2v) is 9.66. The number of benzodiazepines with no additional fused rings is 1. The van der Waals surface area contributed by atoms with Crippen molar-refractivity contribution in [2.24, 2.45) is 4.99 Å². The topological polar surface area (TPSA) is 82.9 Å². The molecule has 40 heavy (non-hydrogen) atoms. The van der Waals surface area contributed by atoms with Crippen molar-refractivity contribution < 1.29 is 14.4 Å². The first-order chi connectivity index (χ1) is 19.6. The van der Waals surface area contributed by atoms with E-state index in [0.717, 1.165) is 26.8 Å². The summed E-state index contributed by atoms with van der Waals surface area (Å²) in [6, 6.07) is 33.4. The number of hydrogen-bond acceptors (Lipinski definition) is 5. The fourth-order valence-electron chi connectivity index (χ4n) is 5.46. The summed E-state index contributed by atoms with van der Waals surface area (Å²) in [4.78, 5) is 53.7. The number of pyridine rings is 1. The van der Waals surface area contributed by atoms with Crippen LogP contribution in [0.15, 0.2) is 120 Å². The molecule has 0 spiro atoms. The van der Waals surface area contributed by atoms with Gasteiger partial charge >= 0.3 is 0 Å². The van der Waals surface area contributed by atoms with Crippen LogP contribution in [0.1, 0.15) is 37.5 Å². The predicted molar refractivity (Wildman–Crippen MR) is 152 cm³/mol. The SMILES string of the molecule is O=C1C(N2C(=O)c3ccccc3C2=O)N=C(c2ccccc2)c2ccccc2N1Cc1nccc2ccccc12. The van der Waals surface area contributed by atoms with Gasteiger partial charge in [-0.05, 0) is 29.7 Å². The van der Waals surface area contributed by atoms with E-state index in [9.17, 15) is 14.4 Å². The minimum absolute atomic E-state index is 0.133. The number of carbonyl (C=O) groups excluding carboxylic acids is 3. The molecule has 7 heteroatoms. The zero-order chi connectivity index (χ0) is 27.2. The molecule has 2 aliphatic rings. The van der Waals surface area contributed by atoms with Gasteiger partial charge in [-0.3, -0.25) is 19.4 Å². The van der Waals surface area contributed by atoms with Crippen molar-refractivity contribution >= 4 is 39.9 Å². The number of carbonyl (C=O) groups is 3. The Morgan fingerprint density at radius 1 is 0.650 bits per heavy atom. The summed E-state index contributed by atoms with van der Waals surface area (Å²) in [5.74, 6) is -1.56. The van der Waals surface area contributed by atoms with Crippen molar-refractivity contribution in [3.8, 4) is 0 Å². The molecule has 1 aromatic heterocycles. The van der Waals surface area contributed by atoms with Crippen LogP contribution < -0.4 is 4.90 Å². The molecule has 1 unspecified atom stereocenters. The molecular weight excluding hydrogens is 500 g/mol. The highest BCUT2D eigenvalue weighted by molar-refractivity contribution is 6.25. The van der Waals surface area contributed by atoms with Crippen LogP contribution in [0.3, 0.4) is 0 Å². The Kier molecular flexibility index (Phi) is 5.56. The highest BCUT2D eigenvalue weighted by atomic mass is 16.2. The fourth-order valence-corrected chi connectivity index (χ4v) is 5.46. The molecule has 0 fully saturated rings. The third-order valence-electron chi connectivity index (χ3n) is 7.37. The number of imide groups is 1. The molecule has 4 aromatic carbocycles. The van der Waals surface area contributed by atoms with Gasteiger partial charge in [-0.1, -0.05) is 84.9 Å². The highest BCUT2D eigenvalue weighted by Gasteiger charge is 2.46. The molecule has 3 heterocycles. The van der Waals surface area contributed by atoms with Gasteiger partial charge < -0.3 is 4.90 Å². The maximum absolute atomic E-state index is 14.5. The number of fused-ring (bicyclic) bond motifs is 3. The third-order valence-corrected chi connectivity index (χ3v) is 7.37. The Morgan fingerprint density at radius 2 is 1.27 bits per heavy atom. The van der Waals surface area contributed by atoms with Gasteiger partial charge in [0.25, 0.3) is 17.7 Å². The maximum atomic E-state index is 14.5. The van der Waals surface area contributed by atoms with Crippen LogP contribution in [0.5, 0.6) is 0 Å². The van der Waals surface area contributed by atoms with Gasteiger partial charge in [0, 0.05) is 22.7 Å². The van der Waals surface area contributed by atoms with Gasteiger partial charge in [-0.25, -0.2) is 9.89 Å². The van der Waals surface area contributed by atoms with Gasteiger partial charge in [-0.2, -0.15) is 0 Å². The number of nitrogens with zero attached hydrogens (tertiary/aromatic N) is 4. The second-order valence-electron chi connectivity index (χ2n) is 9.66. The average molecular weight is 523 g/mol. The predicted octanol–water partition coefficient (Wildman–Crippen LogP) is 5.24. The Labute approximate surface area is 230 Å². The quantitative estimate of drug-likeness (QED) is 0.302. The van der Waals surface area contributed by atoms with E-state index in [-0.39, 0.29) is 17.7 Å². The zero-order valence-corrected chi connectivity index (χ0v) is 21.3.